The Morgan fingerprint density at radius 2 is 1.17 bits per heavy atom. The molecule has 0 amide bonds. The van der Waals surface area contributed by atoms with Crippen molar-refractivity contribution in [2.24, 2.45) is 11.8 Å². The highest BCUT2D eigenvalue weighted by molar-refractivity contribution is 6.66. The Bertz CT molecular complexity index is 543. The van der Waals surface area contributed by atoms with Crippen molar-refractivity contribution in [1.82, 2.24) is 0 Å². The van der Waals surface area contributed by atoms with Crippen LogP contribution in [0.1, 0.15) is 13.8 Å². The fourth-order valence-corrected chi connectivity index (χ4v) is 5.96. The number of ether oxygens (including phenoxy) is 2. The topological polar surface area (TPSA) is 52.6 Å². The maximum Gasteiger partial charge on any atom is 0.312 e. The van der Waals surface area contributed by atoms with Crippen LogP contribution >= 0.6 is 69.6 Å². The van der Waals surface area contributed by atoms with Crippen molar-refractivity contribution in [1.29, 1.82) is 0 Å². The largest absolute Gasteiger partial charge is 0.466 e. The number of carbonyl (C=O) groups excluding carboxylic acids is 2. The Hall–Kier alpha value is 0.420. The molecular formula is C13H12Cl6O4. The lowest BCUT2D eigenvalue weighted by molar-refractivity contribution is -0.160. The minimum atomic E-state index is -2.02. The summed E-state index contributed by atoms with van der Waals surface area (Å²) < 4.78 is 7.96. The third kappa shape index (κ3) is 2.25. The molecule has 10 heteroatoms. The fraction of sp³-hybridized carbons (Fsp3) is 0.692. The molecule has 0 aliphatic heterocycles. The van der Waals surface area contributed by atoms with E-state index in [1.807, 2.05) is 0 Å². The summed E-state index contributed by atoms with van der Waals surface area (Å²) in [5.41, 5.74) is 0. The van der Waals surface area contributed by atoms with Crippen molar-refractivity contribution in [2.75, 3.05) is 13.2 Å². The van der Waals surface area contributed by atoms with E-state index >= 15 is 0 Å². The van der Waals surface area contributed by atoms with E-state index in [-0.39, 0.29) is 23.3 Å². The van der Waals surface area contributed by atoms with Gasteiger partial charge in [-0.25, -0.2) is 0 Å². The van der Waals surface area contributed by atoms with Crippen molar-refractivity contribution in [3.63, 3.8) is 0 Å². The lowest BCUT2D eigenvalue weighted by atomic mass is 9.82. The van der Waals surface area contributed by atoms with Crippen molar-refractivity contribution in [3.05, 3.63) is 10.1 Å². The lowest BCUT2D eigenvalue weighted by Gasteiger charge is -2.33. The summed E-state index contributed by atoms with van der Waals surface area (Å²) >= 11 is 38.1. The first-order valence-corrected chi connectivity index (χ1v) is 8.95. The van der Waals surface area contributed by atoms with Crippen LogP contribution in [0.3, 0.4) is 0 Å². The smallest absolute Gasteiger partial charge is 0.312 e. The van der Waals surface area contributed by atoms with Gasteiger partial charge in [-0.05, 0) is 13.8 Å². The average Bonchev–Trinajstić information content (AvgIpc) is 2.67. The van der Waals surface area contributed by atoms with Gasteiger partial charge in [-0.3, -0.25) is 9.59 Å². The summed E-state index contributed by atoms with van der Waals surface area (Å²) in [5, 5.41) is -0.362. The van der Waals surface area contributed by atoms with Crippen LogP contribution in [-0.4, -0.2) is 39.2 Å². The van der Waals surface area contributed by atoms with Crippen LogP contribution in [0.15, 0.2) is 10.1 Å². The van der Waals surface area contributed by atoms with Crippen LogP contribution in [-0.2, 0) is 19.1 Å². The fourth-order valence-electron chi connectivity index (χ4n) is 3.04. The number of hydrogen-bond acceptors (Lipinski definition) is 4. The van der Waals surface area contributed by atoms with Gasteiger partial charge in [0.05, 0.1) is 35.1 Å². The molecule has 23 heavy (non-hydrogen) atoms. The molecule has 0 aromatic carbocycles. The van der Waals surface area contributed by atoms with Gasteiger partial charge in [0.25, 0.3) is 0 Å². The first-order chi connectivity index (χ1) is 10.5. The summed E-state index contributed by atoms with van der Waals surface area (Å²) in [6, 6.07) is 0. The van der Waals surface area contributed by atoms with Crippen LogP contribution in [0.5, 0.6) is 0 Å². The zero-order valence-electron chi connectivity index (χ0n) is 12.0. The average molecular weight is 445 g/mol. The molecule has 0 radical (unpaired) electrons. The molecule has 0 aromatic rings. The van der Waals surface area contributed by atoms with Gasteiger partial charge >= 0.3 is 11.9 Å². The number of halogens is 6. The van der Waals surface area contributed by atoms with Crippen LogP contribution in [0.25, 0.3) is 0 Å². The van der Waals surface area contributed by atoms with E-state index in [4.69, 9.17) is 79.1 Å². The maximum absolute atomic E-state index is 12.4. The number of esters is 2. The molecular weight excluding hydrogens is 433 g/mol. The second kappa shape index (κ2) is 6.30. The second-order valence-electron chi connectivity index (χ2n) is 5.09. The Labute approximate surface area is 163 Å². The zero-order valence-corrected chi connectivity index (χ0v) is 16.5. The van der Waals surface area contributed by atoms with E-state index in [1.54, 1.807) is 13.8 Å². The number of carbonyl (C=O) groups is 2. The number of rotatable bonds is 4. The minimum Gasteiger partial charge on any atom is -0.466 e. The molecule has 0 saturated heterocycles. The number of hydrogen-bond donors (Lipinski definition) is 0. The molecule has 1 fully saturated rings. The molecule has 4 atom stereocenters. The van der Waals surface area contributed by atoms with Gasteiger partial charge in [0.2, 0.25) is 0 Å². The highest BCUT2D eigenvalue weighted by Gasteiger charge is 2.85. The monoisotopic (exact) mass is 442 g/mol. The molecule has 0 heterocycles. The van der Waals surface area contributed by atoms with Crippen LogP contribution < -0.4 is 0 Å². The van der Waals surface area contributed by atoms with Crippen LogP contribution in [0, 0.1) is 11.8 Å². The molecule has 0 N–H and O–H groups in total. The van der Waals surface area contributed by atoms with Crippen molar-refractivity contribution in [2.45, 2.75) is 27.9 Å². The van der Waals surface area contributed by atoms with Gasteiger partial charge in [0.15, 0.2) is 4.33 Å². The molecule has 4 nitrogen and oxygen atoms in total. The minimum absolute atomic E-state index is 0.0553. The molecule has 2 aliphatic carbocycles. The van der Waals surface area contributed by atoms with Crippen LogP contribution in [0.2, 0.25) is 0 Å². The molecule has 1 saturated carbocycles. The van der Waals surface area contributed by atoms with Gasteiger partial charge in [0.1, 0.15) is 9.75 Å². The third-order valence-corrected chi connectivity index (χ3v) is 8.28. The highest BCUT2D eigenvalue weighted by Crippen LogP contribution is 2.76. The first kappa shape index (κ1) is 19.7. The highest BCUT2D eigenvalue weighted by atomic mass is 35.5. The summed E-state index contributed by atoms with van der Waals surface area (Å²) in [7, 11) is 0. The molecule has 2 aliphatic rings. The standard InChI is InChI=1S/C13H12Cl6O4/c1-3-22-9(20)5-6(10(21)23-4-2)12(17)8(15)7(14)11(5,16)13(12,18)19/h5-6H,3-4H2,1-2H3/t5-,6+,11-,12-/m0/s1. The SMILES string of the molecule is CCOC(=O)[C@@H]1[C@H](C(=O)OCC)[C@]2(Cl)C(Cl)=C(Cl)[C@]1(Cl)C2(Cl)Cl. The molecule has 0 unspecified atom stereocenters. The van der Waals surface area contributed by atoms with Crippen molar-refractivity contribution >= 4 is 81.5 Å². The predicted octanol–water partition coefficient (Wildman–Crippen LogP) is 4.19. The second-order valence-corrected chi connectivity index (χ2v) is 8.36. The van der Waals surface area contributed by atoms with Gasteiger partial charge < -0.3 is 9.47 Å². The normalized spacial score (nSPS) is 37.9. The predicted molar refractivity (Wildman–Crippen MR) is 90.6 cm³/mol. The van der Waals surface area contributed by atoms with Crippen molar-refractivity contribution < 1.29 is 19.1 Å². The molecule has 2 bridgehead atoms. The van der Waals surface area contributed by atoms with E-state index < -0.39 is 37.9 Å². The Morgan fingerprint density at radius 3 is 1.43 bits per heavy atom. The van der Waals surface area contributed by atoms with Crippen LogP contribution in [0.4, 0.5) is 0 Å². The van der Waals surface area contributed by atoms with E-state index in [9.17, 15) is 9.59 Å². The summed E-state index contributed by atoms with van der Waals surface area (Å²) in [6.07, 6.45) is 0. The number of alkyl halides is 4. The van der Waals surface area contributed by atoms with Gasteiger partial charge in [-0.15, -0.1) is 23.2 Å². The Morgan fingerprint density at radius 1 is 0.870 bits per heavy atom. The molecule has 130 valence electrons. The molecule has 2 rings (SSSR count). The first-order valence-electron chi connectivity index (χ1n) is 6.68. The lowest BCUT2D eigenvalue weighted by Crippen LogP contribution is -2.46. The molecule has 0 spiro atoms. The zero-order chi connectivity index (χ0) is 17.8. The summed E-state index contributed by atoms with van der Waals surface area (Å²) in [4.78, 5) is 21.0. The van der Waals surface area contributed by atoms with Gasteiger partial charge in [0, 0.05) is 0 Å². The van der Waals surface area contributed by atoms with E-state index in [0.717, 1.165) is 0 Å². The van der Waals surface area contributed by atoms with E-state index in [1.165, 1.54) is 0 Å². The Kier molecular flexibility index (Phi) is 5.40. The maximum atomic E-state index is 12.4. The Balaban J connectivity index is 2.69. The van der Waals surface area contributed by atoms with Crippen molar-refractivity contribution in [3.8, 4) is 0 Å². The number of allylic oxidation sites excluding steroid dienone is 2. The van der Waals surface area contributed by atoms with Gasteiger partial charge in [-0.1, -0.05) is 46.4 Å². The van der Waals surface area contributed by atoms with E-state index in [0.29, 0.717) is 0 Å². The summed E-state index contributed by atoms with van der Waals surface area (Å²) in [5.74, 6) is -4.30. The van der Waals surface area contributed by atoms with E-state index in [2.05, 4.69) is 0 Å². The third-order valence-electron chi connectivity index (χ3n) is 4.02. The van der Waals surface area contributed by atoms with Gasteiger partial charge in [-0.2, -0.15) is 0 Å². The summed E-state index contributed by atoms with van der Waals surface area (Å²) in [6.45, 7) is 3.31. The quantitative estimate of drug-likeness (QED) is 0.482. The molecule has 0 aromatic heterocycles. The number of fused-ring (bicyclic) bond motifs is 2.